The maximum absolute atomic E-state index is 12.7. The number of aliphatic hydroxyl groups excluding tert-OH is 1. The first-order valence-corrected chi connectivity index (χ1v) is 6.14. The average molecular weight is 253 g/mol. The lowest BCUT2D eigenvalue weighted by Crippen LogP contribution is -2.36. The van der Waals surface area contributed by atoms with Crippen LogP contribution >= 0.6 is 0 Å². The van der Waals surface area contributed by atoms with Crippen LogP contribution in [0, 0.1) is 11.7 Å². The van der Waals surface area contributed by atoms with Gasteiger partial charge in [0.25, 0.3) is 0 Å². The van der Waals surface area contributed by atoms with Crippen LogP contribution in [0.5, 0.6) is 0 Å². The predicted octanol–water partition coefficient (Wildman–Crippen LogP) is 2.41. The van der Waals surface area contributed by atoms with Gasteiger partial charge in [0.1, 0.15) is 5.82 Å². The monoisotopic (exact) mass is 253 g/mol. The van der Waals surface area contributed by atoms with Gasteiger partial charge in [-0.2, -0.15) is 0 Å². The topological polar surface area (TPSA) is 49.3 Å². The molecule has 2 N–H and O–H groups in total. The minimum Gasteiger partial charge on any atom is -0.388 e. The molecule has 3 nitrogen and oxygen atoms in total. The summed E-state index contributed by atoms with van der Waals surface area (Å²) in [5.41, 5.74) is 0.655. The molecule has 0 heterocycles. The third-order valence-electron chi connectivity index (χ3n) is 2.74. The standard InChI is InChI=1S/C14H20FNO2/c1-9(2)14(18)16-10(3)8-13(17)11-4-6-12(15)7-5-11/h4-7,9-10,13,17H,8H2,1-3H3,(H,16,18). The van der Waals surface area contributed by atoms with Crippen molar-refractivity contribution in [3.63, 3.8) is 0 Å². The number of benzene rings is 1. The number of aliphatic hydroxyl groups is 1. The van der Waals surface area contributed by atoms with E-state index in [1.807, 2.05) is 20.8 Å². The quantitative estimate of drug-likeness (QED) is 0.846. The lowest BCUT2D eigenvalue weighted by Gasteiger charge is -2.19. The molecule has 0 aliphatic rings. The van der Waals surface area contributed by atoms with Crippen LogP contribution in [0.4, 0.5) is 4.39 Å². The Kier molecular flexibility index (Phi) is 5.28. The van der Waals surface area contributed by atoms with Crippen molar-refractivity contribution in [2.24, 2.45) is 5.92 Å². The van der Waals surface area contributed by atoms with Gasteiger partial charge in [-0.3, -0.25) is 4.79 Å². The average Bonchev–Trinajstić information content (AvgIpc) is 2.29. The zero-order valence-electron chi connectivity index (χ0n) is 11.0. The van der Waals surface area contributed by atoms with Crippen LogP contribution in [-0.2, 0) is 4.79 Å². The molecule has 1 rings (SSSR count). The zero-order chi connectivity index (χ0) is 13.7. The molecule has 1 aromatic rings. The lowest BCUT2D eigenvalue weighted by molar-refractivity contribution is -0.124. The summed E-state index contributed by atoms with van der Waals surface area (Å²) in [6.07, 6.45) is -0.294. The number of halogens is 1. The first-order chi connectivity index (χ1) is 8.40. The first kappa shape index (κ1) is 14.6. The van der Waals surface area contributed by atoms with E-state index >= 15 is 0 Å². The summed E-state index contributed by atoms with van der Waals surface area (Å²) in [5, 5.41) is 12.8. The molecule has 0 saturated heterocycles. The van der Waals surface area contributed by atoms with E-state index in [4.69, 9.17) is 0 Å². The molecule has 0 bridgehead atoms. The molecule has 0 spiro atoms. The van der Waals surface area contributed by atoms with Crippen molar-refractivity contribution in [3.8, 4) is 0 Å². The highest BCUT2D eigenvalue weighted by atomic mass is 19.1. The molecule has 0 radical (unpaired) electrons. The van der Waals surface area contributed by atoms with Gasteiger partial charge < -0.3 is 10.4 Å². The number of rotatable bonds is 5. The maximum Gasteiger partial charge on any atom is 0.222 e. The molecule has 2 unspecified atom stereocenters. The summed E-state index contributed by atoms with van der Waals surface area (Å²) in [5.74, 6) is -0.434. The van der Waals surface area contributed by atoms with Crippen LogP contribution in [0.2, 0.25) is 0 Å². The second-order valence-electron chi connectivity index (χ2n) is 4.87. The molecular formula is C14H20FNO2. The van der Waals surface area contributed by atoms with E-state index < -0.39 is 6.10 Å². The van der Waals surface area contributed by atoms with Crippen molar-refractivity contribution in [1.29, 1.82) is 0 Å². The number of nitrogens with one attached hydrogen (secondary N) is 1. The van der Waals surface area contributed by atoms with E-state index in [-0.39, 0.29) is 23.7 Å². The van der Waals surface area contributed by atoms with Gasteiger partial charge in [-0.1, -0.05) is 26.0 Å². The van der Waals surface area contributed by atoms with E-state index in [0.717, 1.165) is 0 Å². The van der Waals surface area contributed by atoms with Crippen LogP contribution in [0.3, 0.4) is 0 Å². The highest BCUT2D eigenvalue weighted by Crippen LogP contribution is 2.18. The van der Waals surface area contributed by atoms with Gasteiger partial charge in [0, 0.05) is 12.0 Å². The number of carbonyl (C=O) groups excluding carboxylic acids is 1. The van der Waals surface area contributed by atoms with Gasteiger partial charge in [0.2, 0.25) is 5.91 Å². The molecule has 100 valence electrons. The summed E-state index contributed by atoms with van der Waals surface area (Å²) in [6, 6.07) is 5.61. The first-order valence-electron chi connectivity index (χ1n) is 6.14. The minimum atomic E-state index is -0.701. The van der Waals surface area contributed by atoms with Crippen molar-refractivity contribution in [1.82, 2.24) is 5.32 Å². The molecule has 0 aliphatic heterocycles. The largest absolute Gasteiger partial charge is 0.388 e. The fourth-order valence-corrected chi connectivity index (χ4v) is 1.62. The summed E-state index contributed by atoms with van der Waals surface area (Å²) in [4.78, 5) is 11.5. The zero-order valence-corrected chi connectivity index (χ0v) is 11.0. The van der Waals surface area contributed by atoms with E-state index in [1.165, 1.54) is 12.1 Å². The van der Waals surface area contributed by atoms with Crippen molar-refractivity contribution >= 4 is 5.91 Å². The second-order valence-corrected chi connectivity index (χ2v) is 4.87. The van der Waals surface area contributed by atoms with Crippen LogP contribution < -0.4 is 5.32 Å². The third kappa shape index (κ3) is 4.45. The molecule has 0 fully saturated rings. The highest BCUT2D eigenvalue weighted by molar-refractivity contribution is 5.78. The van der Waals surface area contributed by atoms with Crippen molar-refractivity contribution in [2.75, 3.05) is 0 Å². The molecule has 18 heavy (non-hydrogen) atoms. The second kappa shape index (κ2) is 6.50. The predicted molar refractivity (Wildman–Crippen MR) is 68.4 cm³/mol. The normalized spacial score (nSPS) is 14.3. The Morgan fingerprint density at radius 3 is 2.33 bits per heavy atom. The van der Waals surface area contributed by atoms with E-state index in [2.05, 4.69) is 5.32 Å². The Balaban J connectivity index is 2.51. The number of carbonyl (C=O) groups is 1. The Labute approximate surface area is 107 Å². The molecule has 1 amide bonds. The summed E-state index contributed by atoms with van der Waals surface area (Å²) >= 11 is 0. The van der Waals surface area contributed by atoms with E-state index in [1.54, 1.807) is 12.1 Å². The lowest BCUT2D eigenvalue weighted by atomic mass is 10.0. The van der Waals surface area contributed by atoms with Crippen LogP contribution in [-0.4, -0.2) is 17.1 Å². The molecular weight excluding hydrogens is 233 g/mol. The minimum absolute atomic E-state index is 0.0335. The summed E-state index contributed by atoms with van der Waals surface area (Å²) in [6.45, 7) is 5.48. The Hall–Kier alpha value is -1.42. The number of hydrogen-bond donors (Lipinski definition) is 2. The highest BCUT2D eigenvalue weighted by Gasteiger charge is 2.15. The SMILES string of the molecule is CC(CC(O)c1ccc(F)cc1)NC(=O)C(C)C. The van der Waals surface area contributed by atoms with E-state index in [9.17, 15) is 14.3 Å². The van der Waals surface area contributed by atoms with Crippen LogP contribution in [0.1, 0.15) is 38.9 Å². The number of amides is 1. The van der Waals surface area contributed by atoms with Crippen molar-refractivity contribution in [2.45, 2.75) is 39.3 Å². The van der Waals surface area contributed by atoms with Gasteiger partial charge in [0.05, 0.1) is 6.10 Å². The summed E-state index contributed by atoms with van der Waals surface area (Å²) < 4.78 is 12.7. The van der Waals surface area contributed by atoms with Gasteiger partial charge in [-0.25, -0.2) is 4.39 Å². The Morgan fingerprint density at radius 2 is 1.83 bits per heavy atom. The smallest absolute Gasteiger partial charge is 0.222 e. The fourth-order valence-electron chi connectivity index (χ4n) is 1.62. The Morgan fingerprint density at radius 1 is 1.28 bits per heavy atom. The van der Waals surface area contributed by atoms with Gasteiger partial charge in [0.15, 0.2) is 0 Å². The van der Waals surface area contributed by atoms with Crippen LogP contribution in [0.15, 0.2) is 24.3 Å². The van der Waals surface area contributed by atoms with Gasteiger partial charge in [-0.15, -0.1) is 0 Å². The summed E-state index contributed by atoms with van der Waals surface area (Å²) in [7, 11) is 0. The third-order valence-corrected chi connectivity index (χ3v) is 2.74. The van der Waals surface area contributed by atoms with Crippen LogP contribution in [0.25, 0.3) is 0 Å². The molecule has 0 aromatic heterocycles. The van der Waals surface area contributed by atoms with E-state index in [0.29, 0.717) is 12.0 Å². The van der Waals surface area contributed by atoms with Gasteiger partial charge in [-0.05, 0) is 31.0 Å². The van der Waals surface area contributed by atoms with Crippen molar-refractivity contribution < 1.29 is 14.3 Å². The van der Waals surface area contributed by atoms with Gasteiger partial charge >= 0.3 is 0 Å². The van der Waals surface area contributed by atoms with Crippen molar-refractivity contribution in [3.05, 3.63) is 35.6 Å². The Bertz CT molecular complexity index is 389. The maximum atomic E-state index is 12.7. The number of hydrogen-bond acceptors (Lipinski definition) is 2. The molecule has 4 heteroatoms. The molecule has 0 aliphatic carbocycles. The fraction of sp³-hybridized carbons (Fsp3) is 0.500. The molecule has 1 aromatic carbocycles. The molecule has 0 saturated carbocycles. The molecule has 2 atom stereocenters.